The Balaban J connectivity index is 1.45. The highest BCUT2D eigenvalue weighted by molar-refractivity contribution is 6.07. The van der Waals surface area contributed by atoms with Crippen molar-refractivity contribution in [2.45, 2.75) is 48.7 Å². The second kappa shape index (κ2) is 5.98. The maximum Gasteiger partial charge on any atom is 0.262 e. The van der Waals surface area contributed by atoms with Crippen molar-refractivity contribution in [3.8, 4) is 0 Å². The van der Waals surface area contributed by atoms with E-state index in [1.54, 1.807) is 29.0 Å². The molecule has 0 unspecified atom stereocenters. The minimum atomic E-state index is -1.51. The zero-order chi connectivity index (χ0) is 23.9. The van der Waals surface area contributed by atoms with Gasteiger partial charge in [0, 0.05) is 25.6 Å². The number of aromatic nitrogens is 2. The Kier molecular flexibility index (Phi) is 3.37. The molecule has 6 aliphatic rings. The molecule has 1 N–H and O–H groups in total. The number of anilines is 1. The number of aliphatic hydroxyl groups is 1. The number of para-hydroxylation sites is 2. The van der Waals surface area contributed by atoms with E-state index in [0.717, 1.165) is 0 Å². The summed E-state index contributed by atoms with van der Waals surface area (Å²) in [5, 5.41) is 12.9. The molecule has 176 valence electrons. The molecule has 1 aliphatic carbocycles. The van der Waals surface area contributed by atoms with Crippen molar-refractivity contribution in [3.63, 3.8) is 0 Å². The fraction of sp³-hybridized carbons (Fsp3) is 0.385. The normalized spacial score (nSPS) is 31.9. The van der Waals surface area contributed by atoms with Crippen LogP contribution in [-0.4, -0.2) is 61.6 Å². The van der Waals surface area contributed by atoms with E-state index in [9.17, 15) is 19.5 Å². The van der Waals surface area contributed by atoms with Crippen molar-refractivity contribution in [2.75, 3.05) is 18.5 Å². The van der Waals surface area contributed by atoms with E-state index in [1.807, 2.05) is 36.4 Å². The van der Waals surface area contributed by atoms with E-state index in [1.165, 1.54) is 4.57 Å². The van der Waals surface area contributed by atoms with Gasteiger partial charge in [0.1, 0.15) is 35.2 Å². The van der Waals surface area contributed by atoms with Crippen LogP contribution in [0.5, 0.6) is 0 Å². The SMILES string of the molecule is CN1C(=O)[C@H]2C[C@@]3(O)c4ccccc4N4C(=O)C5(CC5)N(C[C@@H]1c1nc5ccccc5c(=O)n12)[C@@H]43. The predicted molar refractivity (Wildman–Crippen MR) is 125 cm³/mol. The first kappa shape index (κ1) is 19.7. The number of hydrogen-bond acceptors (Lipinski definition) is 6. The van der Waals surface area contributed by atoms with Crippen LogP contribution >= 0.6 is 0 Å². The number of benzene rings is 2. The Morgan fingerprint density at radius 3 is 2.54 bits per heavy atom. The van der Waals surface area contributed by atoms with Gasteiger partial charge in [-0.05, 0) is 31.0 Å². The van der Waals surface area contributed by atoms with Crippen LogP contribution in [0.3, 0.4) is 0 Å². The van der Waals surface area contributed by atoms with E-state index in [4.69, 9.17) is 4.98 Å². The molecule has 35 heavy (non-hydrogen) atoms. The summed E-state index contributed by atoms with van der Waals surface area (Å²) in [6, 6.07) is 13.1. The quantitative estimate of drug-likeness (QED) is 0.532. The van der Waals surface area contributed by atoms with Crippen molar-refractivity contribution in [3.05, 3.63) is 70.3 Å². The molecular weight excluding hydrogens is 446 g/mol. The number of likely N-dealkylation sites (N-methyl/N-ethyl adjacent to an activating group) is 1. The molecule has 9 rings (SSSR count). The van der Waals surface area contributed by atoms with E-state index in [2.05, 4.69) is 4.90 Å². The second-order valence-corrected chi connectivity index (χ2v) is 10.5. The Bertz CT molecular complexity index is 1560. The minimum absolute atomic E-state index is 0.0140. The summed E-state index contributed by atoms with van der Waals surface area (Å²) < 4.78 is 1.52. The molecule has 5 aliphatic heterocycles. The topological polar surface area (TPSA) is 99.0 Å². The lowest BCUT2D eigenvalue weighted by molar-refractivity contribution is -0.140. The van der Waals surface area contributed by atoms with Crippen molar-refractivity contribution < 1.29 is 14.7 Å². The second-order valence-electron chi connectivity index (χ2n) is 10.5. The van der Waals surface area contributed by atoms with Gasteiger partial charge in [-0.25, -0.2) is 4.98 Å². The van der Waals surface area contributed by atoms with Crippen molar-refractivity contribution >= 4 is 28.4 Å². The van der Waals surface area contributed by atoms with Gasteiger partial charge in [-0.15, -0.1) is 0 Å². The number of amides is 2. The fourth-order valence-corrected chi connectivity index (χ4v) is 7.08. The number of rotatable bonds is 0. The lowest BCUT2D eigenvalue weighted by atomic mass is 9.85. The molecule has 1 spiro atoms. The van der Waals surface area contributed by atoms with Crippen molar-refractivity contribution in [1.29, 1.82) is 0 Å². The summed E-state index contributed by atoms with van der Waals surface area (Å²) in [6.07, 6.45) is 0.776. The fourth-order valence-electron chi connectivity index (χ4n) is 7.08. The molecule has 4 atom stereocenters. The van der Waals surface area contributed by atoms with Crippen LogP contribution in [0.4, 0.5) is 5.69 Å². The van der Waals surface area contributed by atoms with Gasteiger partial charge in [-0.2, -0.15) is 0 Å². The van der Waals surface area contributed by atoms with E-state index in [-0.39, 0.29) is 23.8 Å². The maximum absolute atomic E-state index is 13.8. The van der Waals surface area contributed by atoms with Gasteiger partial charge in [0.2, 0.25) is 11.8 Å². The minimum Gasteiger partial charge on any atom is -0.381 e. The van der Waals surface area contributed by atoms with Crippen LogP contribution in [-0.2, 0) is 15.2 Å². The summed E-state index contributed by atoms with van der Waals surface area (Å²) in [5.41, 5.74) is -0.558. The van der Waals surface area contributed by atoms with Crippen LogP contribution in [0.1, 0.15) is 42.7 Å². The molecule has 2 saturated heterocycles. The highest BCUT2D eigenvalue weighted by atomic mass is 16.3. The van der Waals surface area contributed by atoms with Gasteiger partial charge < -0.3 is 10.0 Å². The molecule has 1 aromatic heterocycles. The van der Waals surface area contributed by atoms with Gasteiger partial charge in [-0.3, -0.25) is 28.8 Å². The van der Waals surface area contributed by atoms with Crippen LogP contribution in [0.25, 0.3) is 10.9 Å². The standard InChI is InChI=1S/C26H23N5O4/c1-28-19-13-29-23-26(35,15-7-3-5-9-17(15)31(23)24(34)25(29)10-11-25)12-18(22(28)33)30-20(19)27-16-8-4-2-6-14(16)21(30)32/h2-9,18-19,23,35H,10-13H2,1H3/t18-,19-,23+,26-/m1/s1. The Morgan fingerprint density at radius 1 is 1.00 bits per heavy atom. The summed E-state index contributed by atoms with van der Waals surface area (Å²) in [7, 11) is 1.74. The van der Waals surface area contributed by atoms with Gasteiger partial charge in [-0.1, -0.05) is 30.3 Å². The first-order valence-corrected chi connectivity index (χ1v) is 12.1. The van der Waals surface area contributed by atoms with Crippen LogP contribution in [0.2, 0.25) is 0 Å². The summed E-state index contributed by atoms with van der Waals surface area (Å²) >= 11 is 0. The first-order valence-electron chi connectivity index (χ1n) is 12.1. The molecule has 2 bridgehead atoms. The van der Waals surface area contributed by atoms with E-state index >= 15 is 0 Å². The summed E-state index contributed by atoms with van der Waals surface area (Å²) in [6.45, 7) is 0.308. The average molecular weight is 470 g/mol. The number of nitrogens with zero attached hydrogens (tertiary/aromatic N) is 5. The number of hydrogen-bond donors (Lipinski definition) is 1. The van der Waals surface area contributed by atoms with E-state index in [0.29, 0.717) is 47.4 Å². The highest BCUT2D eigenvalue weighted by Crippen LogP contribution is 2.61. The largest absolute Gasteiger partial charge is 0.381 e. The Labute approximate surface area is 200 Å². The average Bonchev–Trinajstić information content (AvgIpc) is 3.56. The van der Waals surface area contributed by atoms with Gasteiger partial charge in [0.05, 0.1) is 16.6 Å². The monoisotopic (exact) mass is 469 g/mol. The lowest BCUT2D eigenvalue weighted by Gasteiger charge is -2.39. The highest BCUT2D eigenvalue weighted by Gasteiger charge is 2.73. The predicted octanol–water partition coefficient (Wildman–Crippen LogP) is 1.26. The third-order valence-electron chi connectivity index (χ3n) is 8.91. The van der Waals surface area contributed by atoms with Gasteiger partial charge >= 0.3 is 0 Å². The van der Waals surface area contributed by atoms with Crippen molar-refractivity contribution in [2.24, 2.45) is 0 Å². The van der Waals surface area contributed by atoms with Gasteiger partial charge in [0.25, 0.3) is 5.56 Å². The zero-order valence-electron chi connectivity index (χ0n) is 19.1. The van der Waals surface area contributed by atoms with Crippen LogP contribution < -0.4 is 10.5 Å². The molecule has 1 saturated carbocycles. The van der Waals surface area contributed by atoms with Gasteiger partial charge in [0.15, 0.2) is 0 Å². The molecule has 9 heteroatoms. The third-order valence-corrected chi connectivity index (χ3v) is 8.91. The third kappa shape index (κ3) is 2.09. The zero-order valence-corrected chi connectivity index (χ0v) is 19.1. The molecular formula is C26H23N5O4. The molecule has 9 nitrogen and oxygen atoms in total. The maximum atomic E-state index is 13.8. The van der Waals surface area contributed by atoms with E-state index < -0.39 is 29.4 Å². The molecule has 2 aromatic carbocycles. The molecule has 2 amide bonds. The first-order chi connectivity index (χ1) is 16.9. The molecule has 0 radical (unpaired) electrons. The van der Waals surface area contributed by atoms with Crippen molar-refractivity contribution in [1.82, 2.24) is 19.4 Å². The number of carbonyl (C=O) groups excluding carboxylic acids is 2. The molecule has 6 heterocycles. The molecule has 3 aromatic rings. The summed E-state index contributed by atoms with van der Waals surface area (Å²) in [4.78, 5) is 51.7. The lowest BCUT2D eigenvalue weighted by Crippen LogP contribution is -2.53. The Hall–Kier alpha value is -3.56. The number of fused-ring (bicyclic) bond motifs is 4. The van der Waals surface area contributed by atoms with Crippen LogP contribution in [0, 0.1) is 0 Å². The Morgan fingerprint density at radius 2 is 1.74 bits per heavy atom. The smallest absolute Gasteiger partial charge is 0.262 e. The van der Waals surface area contributed by atoms with Crippen LogP contribution in [0.15, 0.2) is 53.3 Å². The number of carbonyl (C=O) groups is 2. The summed E-state index contributed by atoms with van der Waals surface area (Å²) in [5.74, 6) is 0.308. The molecule has 3 fully saturated rings.